The molecule has 0 N–H and O–H groups in total. The molecule has 1 aliphatic heterocycles. The van der Waals surface area contributed by atoms with Gasteiger partial charge in [-0.15, -0.1) is 0 Å². The first kappa shape index (κ1) is 13.0. The number of carbonyl (C=O) groups is 1. The first-order valence-electron chi connectivity index (χ1n) is 5.93. The maximum atomic E-state index is 12.0. The van der Waals surface area contributed by atoms with Crippen LogP contribution in [0.1, 0.15) is 12.5 Å². The van der Waals surface area contributed by atoms with Gasteiger partial charge in [0.25, 0.3) is 0 Å². The van der Waals surface area contributed by atoms with E-state index in [2.05, 4.69) is 6.07 Å². The molecule has 0 bridgehead atoms. The third kappa shape index (κ3) is 2.38. The highest BCUT2D eigenvalue weighted by molar-refractivity contribution is 5.94. The number of carbonyl (C=O) groups excluding carboxylic acids is 1. The monoisotopic (exact) mass is 258 g/mol. The van der Waals surface area contributed by atoms with Gasteiger partial charge in [0.2, 0.25) is 0 Å². The van der Waals surface area contributed by atoms with Crippen LogP contribution >= 0.6 is 0 Å². The molecule has 0 saturated carbocycles. The Morgan fingerprint density at radius 1 is 1.53 bits per heavy atom. The molecular formula is C14H14N2O3. The second-order valence-electron chi connectivity index (χ2n) is 3.93. The maximum Gasteiger partial charge on any atom is 0.415 e. The summed E-state index contributed by atoms with van der Waals surface area (Å²) in [6.45, 7) is 2.00. The van der Waals surface area contributed by atoms with Gasteiger partial charge in [0.05, 0.1) is 25.5 Å². The Morgan fingerprint density at radius 3 is 2.95 bits per heavy atom. The van der Waals surface area contributed by atoms with Gasteiger partial charge in [0, 0.05) is 5.56 Å². The summed E-state index contributed by atoms with van der Waals surface area (Å²) in [4.78, 5) is 13.3. The summed E-state index contributed by atoms with van der Waals surface area (Å²) in [5.41, 5.74) is 1.47. The van der Waals surface area contributed by atoms with Crippen molar-refractivity contribution in [3.05, 3.63) is 29.8 Å². The van der Waals surface area contributed by atoms with Crippen LogP contribution in [0.15, 0.2) is 24.3 Å². The average molecular weight is 258 g/mol. The van der Waals surface area contributed by atoms with Gasteiger partial charge in [-0.25, -0.2) is 4.79 Å². The van der Waals surface area contributed by atoms with Crippen LogP contribution in [0.2, 0.25) is 0 Å². The van der Waals surface area contributed by atoms with Crippen LogP contribution in [0, 0.1) is 11.3 Å². The van der Waals surface area contributed by atoms with E-state index in [1.807, 2.05) is 12.1 Å². The first-order chi connectivity index (χ1) is 9.21. The lowest BCUT2D eigenvalue weighted by Crippen LogP contribution is -2.40. The molecule has 1 aliphatic rings. The Bertz CT molecular complexity index is 560. The molecule has 1 unspecified atom stereocenters. The normalized spacial score (nSPS) is 16.5. The van der Waals surface area contributed by atoms with E-state index in [1.165, 1.54) is 4.90 Å². The molecule has 0 saturated heterocycles. The minimum absolute atomic E-state index is 0.267. The van der Waals surface area contributed by atoms with Crippen molar-refractivity contribution < 1.29 is 14.3 Å². The molecular weight excluding hydrogens is 244 g/mol. The molecule has 1 heterocycles. The molecule has 5 nitrogen and oxygen atoms in total. The van der Waals surface area contributed by atoms with Gasteiger partial charge in [-0.2, -0.15) is 5.26 Å². The second-order valence-corrected chi connectivity index (χ2v) is 3.93. The highest BCUT2D eigenvalue weighted by Crippen LogP contribution is 2.32. The Kier molecular flexibility index (Phi) is 3.71. The molecule has 1 amide bonds. The van der Waals surface area contributed by atoms with E-state index in [4.69, 9.17) is 14.7 Å². The van der Waals surface area contributed by atoms with E-state index in [1.54, 1.807) is 32.2 Å². The number of amides is 1. The summed E-state index contributed by atoms with van der Waals surface area (Å²) < 4.78 is 10.1. The van der Waals surface area contributed by atoms with Crippen molar-refractivity contribution in [1.29, 1.82) is 5.26 Å². The molecule has 0 spiro atoms. The zero-order valence-electron chi connectivity index (χ0n) is 10.8. The van der Waals surface area contributed by atoms with Gasteiger partial charge in [0.15, 0.2) is 0 Å². The van der Waals surface area contributed by atoms with Gasteiger partial charge >= 0.3 is 6.09 Å². The molecule has 2 rings (SSSR count). The van der Waals surface area contributed by atoms with Gasteiger partial charge < -0.3 is 9.47 Å². The Labute approximate surface area is 111 Å². The Morgan fingerprint density at radius 2 is 2.32 bits per heavy atom. The number of rotatable bonds is 2. The van der Waals surface area contributed by atoms with Crippen molar-refractivity contribution in [2.75, 3.05) is 18.6 Å². The molecule has 0 fully saturated rings. The van der Waals surface area contributed by atoms with E-state index in [0.29, 0.717) is 11.4 Å². The average Bonchev–Trinajstić information content (AvgIpc) is 2.45. The van der Waals surface area contributed by atoms with E-state index in [0.717, 1.165) is 5.56 Å². The number of ether oxygens (including phenoxy) is 2. The number of anilines is 1. The van der Waals surface area contributed by atoms with Crippen LogP contribution in [0.4, 0.5) is 10.5 Å². The van der Waals surface area contributed by atoms with Crippen molar-refractivity contribution in [1.82, 2.24) is 0 Å². The molecule has 1 aromatic rings. The molecule has 0 radical (unpaired) electrons. The highest BCUT2D eigenvalue weighted by atomic mass is 16.6. The fourth-order valence-corrected chi connectivity index (χ4v) is 1.95. The van der Waals surface area contributed by atoms with Crippen molar-refractivity contribution in [2.24, 2.45) is 0 Å². The maximum absolute atomic E-state index is 12.0. The molecule has 1 aromatic carbocycles. The summed E-state index contributed by atoms with van der Waals surface area (Å²) >= 11 is 0. The largest absolute Gasteiger partial charge is 0.497 e. The van der Waals surface area contributed by atoms with E-state index in [-0.39, 0.29) is 6.61 Å². The lowest BCUT2D eigenvalue weighted by Gasteiger charge is -2.29. The lowest BCUT2D eigenvalue weighted by atomic mass is 10.0. The first-order valence-corrected chi connectivity index (χ1v) is 5.93. The smallest absolute Gasteiger partial charge is 0.415 e. The number of nitrogens with zero attached hydrogens (tertiary/aromatic N) is 2. The summed E-state index contributed by atoms with van der Waals surface area (Å²) in [5.74, 6) is 0.697. The van der Waals surface area contributed by atoms with Crippen molar-refractivity contribution in [2.45, 2.75) is 13.0 Å². The van der Waals surface area contributed by atoms with Crippen LogP contribution in [-0.2, 0) is 4.74 Å². The number of benzene rings is 1. The quantitative estimate of drug-likeness (QED) is 0.817. The van der Waals surface area contributed by atoms with Crippen molar-refractivity contribution in [3.63, 3.8) is 0 Å². The molecule has 5 heteroatoms. The summed E-state index contributed by atoms with van der Waals surface area (Å²) in [7, 11) is 1.58. The van der Waals surface area contributed by atoms with Crippen molar-refractivity contribution >= 4 is 17.9 Å². The minimum Gasteiger partial charge on any atom is -0.497 e. The van der Waals surface area contributed by atoms with Gasteiger partial charge in [0.1, 0.15) is 11.8 Å². The predicted molar refractivity (Wildman–Crippen MR) is 70.9 cm³/mol. The van der Waals surface area contributed by atoms with Crippen molar-refractivity contribution in [3.8, 4) is 11.8 Å². The summed E-state index contributed by atoms with van der Waals surface area (Å²) in [5, 5.41) is 9.13. The third-order valence-corrected chi connectivity index (χ3v) is 2.83. The number of nitriles is 1. The lowest BCUT2D eigenvalue weighted by molar-refractivity contribution is 0.159. The zero-order valence-corrected chi connectivity index (χ0v) is 10.8. The van der Waals surface area contributed by atoms with E-state index in [9.17, 15) is 4.79 Å². The fourth-order valence-electron chi connectivity index (χ4n) is 1.95. The third-order valence-electron chi connectivity index (χ3n) is 2.83. The highest BCUT2D eigenvalue weighted by Gasteiger charge is 2.29. The number of hydrogen-bond acceptors (Lipinski definition) is 4. The Hall–Kier alpha value is -2.48. The minimum atomic E-state index is -0.653. The SMILES string of the molecule is CCOC(=O)N1c2ccc(OC)cc2C=CC1C#N. The Balaban J connectivity index is 2.44. The van der Waals surface area contributed by atoms with E-state index >= 15 is 0 Å². The summed E-state index contributed by atoms with van der Waals surface area (Å²) in [6.07, 6.45) is 2.95. The molecule has 1 atom stereocenters. The van der Waals surface area contributed by atoms with Crippen LogP contribution in [0.5, 0.6) is 5.75 Å². The molecule has 0 aliphatic carbocycles. The topological polar surface area (TPSA) is 62.6 Å². The molecule has 0 aromatic heterocycles. The molecule has 98 valence electrons. The summed E-state index contributed by atoms with van der Waals surface area (Å²) in [6, 6.07) is 6.73. The van der Waals surface area contributed by atoms with E-state index < -0.39 is 12.1 Å². The van der Waals surface area contributed by atoms with Crippen LogP contribution < -0.4 is 9.64 Å². The van der Waals surface area contributed by atoms with Gasteiger partial charge in [-0.1, -0.05) is 6.08 Å². The second kappa shape index (κ2) is 5.44. The number of methoxy groups -OCH3 is 1. The van der Waals surface area contributed by atoms with Gasteiger partial charge in [-0.05, 0) is 31.2 Å². The molecule has 19 heavy (non-hydrogen) atoms. The van der Waals surface area contributed by atoms with Crippen LogP contribution in [0.3, 0.4) is 0 Å². The fraction of sp³-hybridized carbons (Fsp3) is 0.286. The number of hydrogen-bond donors (Lipinski definition) is 0. The standard InChI is InChI=1S/C14H14N2O3/c1-3-19-14(17)16-11(9-15)5-4-10-8-12(18-2)6-7-13(10)16/h4-8,11H,3H2,1-2H3. The van der Waals surface area contributed by atoms with Crippen LogP contribution in [-0.4, -0.2) is 25.9 Å². The number of fused-ring (bicyclic) bond motifs is 1. The van der Waals surface area contributed by atoms with Gasteiger partial charge in [-0.3, -0.25) is 4.90 Å². The zero-order chi connectivity index (χ0) is 13.8. The predicted octanol–water partition coefficient (Wildman–Crippen LogP) is 2.58. The van der Waals surface area contributed by atoms with Crippen LogP contribution in [0.25, 0.3) is 6.08 Å².